The first-order valence-corrected chi connectivity index (χ1v) is 29.7. The van der Waals surface area contributed by atoms with Crippen LogP contribution in [0.25, 0.3) is 0 Å². The van der Waals surface area contributed by atoms with Gasteiger partial charge in [0.05, 0.1) is 24.2 Å². The fourth-order valence-electron chi connectivity index (χ4n) is 8.49. The molecule has 12 unspecified atom stereocenters. The molecule has 4 aliphatic carbocycles. The molecule has 438 valence electrons. The van der Waals surface area contributed by atoms with Gasteiger partial charge in [-0.05, 0) is 25.3 Å². The Morgan fingerprint density at radius 1 is 0.718 bits per heavy atom. The number of epoxide rings is 1. The van der Waals surface area contributed by atoms with Crippen LogP contribution in [0.2, 0.25) is 0 Å². The van der Waals surface area contributed by atoms with Gasteiger partial charge in [0.15, 0.2) is 17.0 Å². The summed E-state index contributed by atoms with van der Waals surface area (Å²) in [5.74, 6) is -6.43. The maximum absolute atomic E-state index is 13.4. The minimum atomic E-state index is -2.26. The Morgan fingerprint density at radius 3 is 1.41 bits per heavy atom. The fourth-order valence-corrected chi connectivity index (χ4v) is 8.49. The molecule has 71 heavy (non-hydrogen) atoms. The molecule has 0 aromatic heterocycles. The summed E-state index contributed by atoms with van der Waals surface area (Å²) in [6.07, 6.45) is 2.79. The number of aliphatic hydroxyl groups is 4. The van der Waals surface area contributed by atoms with Gasteiger partial charge in [0.25, 0.3) is 0 Å². The summed E-state index contributed by atoms with van der Waals surface area (Å²) in [6, 6.07) is 0. The average Bonchev–Trinajstić information content (AvgIpc) is 4.30. The number of rotatable bonds is 7. The molecular weight excluding hydrogens is 893 g/mol. The second-order valence-electron chi connectivity index (χ2n) is 13.8. The van der Waals surface area contributed by atoms with Crippen molar-refractivity contribution in [3.05, 3.63) is 23.8 Å². The van der Waals surface area contributed by atoms with Gasteiger partial charge in [-0.2, -0.15) is 0 Å². The van der Waals surface area contributed by atoms with E-state index in [0.717, 1.165) is 0 Å². The molecule has 1 aliphatic heterocycles. The zero-order chi connectivity index (χ0) is 60.5. The Labute approximate surface area is 446 Å². The first kappa shape index (κ1) is 94.7. The van der Waals surface area contributed by atoms with Crippen molar-refractivity contribution in [1.29, 1.82) is 0 Å². The summed E-state index contributed by atoms with van der Waals surface area (Å²) >= 11 is 0. The molecule has 0 spiro atoms. The number of fused-ring (bicyclic) bond motifs is 7. The first-order valence-electron chi connectivity index (χ1n) is 29.7. The van der Waals surface area contributed by atoms with Crippen LogP contribution >= 0.6 is 0 Å². The summed E-state index contributed by atoms with van der Waals surface area (Å²) in [7, 11) is 0. The number of esters is 2. The van der Waals surface area contributed by atoms with Gasteiger partial charge in [0.1, 0.15) is 17.8 Å². The van der Waals surface area contributed by atoms with E-state index in [1.165, 1.54) is 25.5 Å². The summed E-state index contributed by atoms with van der Waals surface area (Å²) < 4.78 is 18.1. The third kappa shape index (κ3) is 21.9. The number of allylic oxidation sites excluding steroid dienone is 1. The van der Waals surface area contributed by atoms with Crippen molar-refractivity contribution in [2.45, 2.75) is 316 Å². The van der Waals surface area contributed by atoms with Gasteiger partial charge in [-0.15, -0.1) is 0 Å². The zero-order valence-electron chi connectivity index (χ0n) is 54.9. The molecule has 1 saturated heterocycles. The Balaban J connectivity index is -0.000000110. The lowest BCUT2D eigenvalue weighted by Gasteiger charge is -2.54. The number of hydrogen-bond donors (Lipinski definition) is 4. The Bertz CT molecular complexity index is 1220. The van der Waals surface area contributed by atoms with Gasteiger partial charge >= 0.3 is 11.9 Å². The topological polar surface area (TPSA) is 163 Å². The molecule has 10 heteroatoms. The molecule has 0 amide bonds. The molecule has 12 atom stereocenters. The van der Waals surface area contributed by atoms with Crippen LogP contribution in [0.1, 0.15) is 275 Å². The van der Waals surface area contributed by atoms with Crippen molar-refractivity contribution in [3.63, 3.8) is 0 Å². The third-order valence-electron chi connectivity index (χ3n) is 11.0. The Hall–Kier alpha value is -2.11. The molecule has 0 aromatic carbocycles. The van der Waals surface area contributed by atoms with E-state index < -0.39 is 100 Å². The van der Waals surface area contributed by atoms with Crippen LogP contribution in [0.15, 0.2) is 23.8 Å². The van der Waals surface area contributed by atoms with E-state index in [4.69, 9.17) is 14.2 Å². The van der Waals surface area contributed by atoms with Crippen LogP contribution in [-0.4, -0.2) is 85.5 Å². The number of ketones is 1. The van der Waals surface area contributed by atoms with Crippen molar-refractivity contribution in [2.75, 3.05) is 6.61 Å². The fraction of sp³-hybridized carbons (Fsp3) is 0.885. The lowest BCUT2D eigenvalue weighted by atomic mass is 9.58. The normalized spacial score (nSPS) is 28.8. The highest BCUT2D eigenvalue weighted by Gasteiger charge is 2.93. The largest absolute Gasteiger partial charge is 0.455 e. The lowest BCUT2D eigenvalue weighted by Crippen LogP contribution is -2.69. The van der Waals surface area contributed by atoms with Crippen LogP contribution < -0.4 is 0 Å². The van der Waals surface area contributed by atoms with Gasteiger partial charge in [-0.1, -0.05) is 268 Å². The van der Waals surface area contributed by atoms with E-state index in [2.05, 4.69) is 13.8 Å². The standard InChI is InChI=1S/C30H42O10.C3H8.14C2H6/c1-8-10-11-18(32)38-23-16(5)28(36)17-12-15(4)21(33)29(17,37)25-27(13-31,40-25)22(34)19(28)20-26(6,7)30(20,23)39-24(35)14(3)9-2;1-3-2;14*1-2/h10-12,14,16-17,19-20,22-23,25,31,34,36-37H,8-9,13H2,1-7H3;3H2,1-2H3;14*1-2H3/b11-10+;;;;;;;;;;;;;;;. The highest BCUT2D eigenvalue weighted by atomic mass is 16.7. The summed E-state index contributed by atoms with van der Waals surface area (Å²) in [6.45, 7) is 71.8. The molecule has 4 fully saturated rings. The minimum absolute atomic E-state index is 0.222. The molecule has 10 nitrogen and oxygen atoms in total. The van der Waals surface area contributed by atoms with Crippen molar-refractivity contribution in [1.82, 2.24) is 0 Å². The number of hydrogen-bond acceptors (Lipinski definition) is 10. The molecule has 1 heterocycles. The van der Waals surface area contributed by atoms with Crippen LogP contribution in [0.4, 0.5) is 0 Å². The molecule has 5 aliphatic rings. The van der Waals surface area contributed by atoms with E-state index in [9.17, 15) is 34.8 Å². The van der Waals surface area contributed by atoms with Gasteiger partial charge in [-0.3, -0.25) is 9.59 Å². The van der Waals surface area contributed by atoms with E-state index in [-0.39, 0.29) is 5.57 Å². The van der Waals surface area contributed by atoms with E-state index in [0.29, 0.717) is 12.8 Å². The van der Waals surface area contributed by atoms with E-state index in [1.807, 2.05) is 222 Å². The summed E-state index contributed by atoms with van der Waals surface area (Å²) in [5, 5.41) is 47.2. The number of Topliss-reactive ketones (excluding diaryl/α,β-unsaturated/α-hetero) is 1. The number of carbonyl (C=O) groups is 3. The Kier molecular flexibility index (Phi) is 74.2. The van der Waals surface area contributed by atoms with E-state index >= 15 is 0 Å². The van der Waals surface area contributed by atoms with Gasteiger partial charge in [-0.25, -0.2) is 4.79 Å². The maximum atomic E-state index is 13.4. The molecule has 3 saturated carbocycles. The lowest BCUT2D eigenvalue weighted by molar-refractivity contribution is -0.250. The van der Waals surface area contributed by atoms with E-state index in [1.54, 1.807) is 19.9 Å². The minimum Gasteiger partial charge on any atom is -0.455 e. The van der Waals surface area contributed by atoms with Gasteiger partial charge in [0, 0.05) is 35.2 Å². The Morgan fingerprint density at radius 2 is 1.08 bits per heavy atom. The summed E-state index contributed by atoms with van der Waals surface area (Å²) in [5.41, 5.74) is -8.08. The average molecular weight is 1030 g/mol. The molecule has 0 bridgehead atoms. The quantitative estimate of drug-likeness (QED) is 0.110. The highest BCUT2D eigenvalue weighted by molar-refractivity contribution is 6.05. The molecule has 5 rings (SSSR count). The highest BCUT2D eigenvalue weighted by Crippen LogP contribution is 2.79. The SMILES string of the molecule is CC.CC.CC.CC.CC.CC.CC.CC.CC.CC.CC.CC.CC.CC.CC/C=C/C(=O)OC1C(C)C2(O)C(C(O)C3(CO)OC3C3(O)C(=O)C(C)=CC32)C2C(C)(C)C12OC(=O)C(C)CC.CCC. The monoisotopic (exact) mass is 1030 g/mol. The van der Waals surface area contributed by atoms with Crippen LogP contribution in [0, 0.1) is 35.0 Å². The van der Waals surface area contributed by atoms with Crippen LogP contribution in [-0.2, 0) is 28.6 Å². The molecule has 4 N–H and O–H groups in total. The number of aliphatic hydroxyl groups excluding tert-OH is 2. The predicted molar refractivity (Wildman–Crippen MR) is 315 cm³/mol. The second kappa shape index (κ2) is 55.6. The van der Waals surface area contributed by atoms with Crippen LogP contribution in [0.3, 0.4) is 0 Å². The molecular formula is C61H134O10. The van der Waals surface area contributed by atoms with Crippen molar-refractivity contribution < 1.29 is 49.0 Å². The van der Waals surface area contributed by atoms with Gasteiger partial charge < -0.3 is 34.6 Å². The third-order valence-corrected chi connectivity index (χ3v) is 11.0. The number of ether oxygens (including phenoxy) is 3. The molecule has 0 radical (unpaired) electrons. The smallest absolute Gasteiger partial charge is 0.330 e. The maximum Gasteiger partial charge on any atom is 0.330 e. The van der Waals surface area contributed by atoms with Crippen LogP contribution in [0.5, 0.6) is 0 Å². The second-order valence-corrected chi connectivity index (χ2v) is 13.8. The van der Waals surface area contributed by atoms with Gasteiger partial charge in [0.2, 0.25) is 0 Å². The summed E-state index contributed by atoms with van der Waals surface area (Å²) in [4.78, 5) is 39.7. The molecule has 0 aromatic rings. The first-order chi connectivity index (χ1) is 34.0. The van der Waals surface area contributed by atoms with Crippen molar-refractivity contribution in [2.24, 2.45) is 35.0 Å². The number of carbonyl (C=O) groups excluding carboxylic acids is 3. The van der Waals surface area contributed by atoms with Crippen molar-refractivity contribution in [3.8, 4) is 0 Å². The zero-order valence-corrected chi connectivity index (χ0v) is 54.9. The van der Waals surface area contributed by atoms with Crippen molar-refractivity contribution >= 4 is 17.7 Å². The predicted octanol–water partition coefficient (Wildman–Crippen LogP) is 17.0.